The predicted molar refractivity (Wildman–Crippen MR) is 121 cm³/mol. The van der Waals surface area contributed by atoms with Gasteiger partial charge in [0.15, 0.2) is 11.5 Å². The van der Waals surface area contributed by atoms with Gasteiger partial charge in [0.05, 0.1) is 31.9 Å². The monoisotopic (exact) mass is 463 g/mol. The molecule has 1 heterocycles. The Kier molecular flexibility index (Phi) is 7.81. The van der Waals surface area contributed by atoms with Crippen LogP contribution >= 0.6 is 0 Å². The number of anilines is 1. The van der Waals surface area contributed by atoms with E-state index >= 15 is 0 Å². The summed E-state index contributed by atoms with van der Waals surface area (Å²) in [5, 5.41) is 2.87. The SMILES string of the molecule is COc1ccccc1NC(=O)N1CCC(CNS(=O)(=O)c2ccc(OC)c(OC)c2)CC1. The van der Waals surface area contributed by atoms with Crippen LogP contribution in [0.1, 0.15) is 12.8 Å². The molecule has 1 aliphatic heterocycles. The first kappa shape index (κ1) is 23.7. The summed E-state index contributed by atoms with van der Waals surface area (Å²) in [7, 11) is 0.818. The van der Waals surface area contributed by atoms with E-state index in [-0.39, 0.29) is 16.8 Å². The molecule has 0 aliphatic carbocycles. The fraction of sp³-hybridized carbons (Fsp3) is 0.409. The van der Waals surface area contributed by atoms with Gasteiger partial charge in [0, 0.05) is 25.7 Å². The highest BCUT2D eigenvalue weighted by atomic mass is 32.2. The summed E-state index contributed by atoms with van der Waals surface area (Å²) in [5.74, 6) is 1.55. The molecule has 10 heteroatoms. The van der Waals surface area contributed by atoms with E-state index in [9.17, 15) is 13.2 Å². The van der Waals surface area contributed by atoms with E-state index in [1.165, 1.54) is 26.4 Å². The van der Waals surface area contributed by atoms with Crippen LogP contribution in [0.4, 0.5) is 10.5 Å². The van der Waals surface area contributed by atoms with E-state index in [1.807, 2.05) is 12.1 Å². The second kappa shape index (κ2) is 10.6. The first-order chi connectivity index (χ1) is 15.4. The van der Waals surface area contributed by atoms with Crippen LogP contribution in [-0.4, -0.2) is 60.3 Å². The number of carbonyl (C=O) groups is 1. The van der Waals surface area contributed by atoms with E-state index < -0.39 is 10.0 Å². The average molecular weight is 464 g/mol. The standard InChI is InChI=1S/C22H29N3O6S/c1-29-19-7-5-4-6-18(19)24-22(26)25-12-10-16(11-13-25)15-23-32(27,28)17-8-9-20(30-2)21(14-17)31-3/h4-9,14,16,23H,10-13,15H2,1-3H3,(H,24,26). The van der Waals surface area contributed by atoms with E-state index in [0.29, 0.717) is 55.4 Å². The molecular formula is C22H29N3O6S. The third kappa shape index (κ3) is 5.63. The molecule has 2 N–H and O–H groups in total. The van der Waals surface area contributed by atoms with Crippen molar-refractivity contribution in [3.8, 4) is 17.2 Å². The number of hydrogen-bond donors (Lipinski definition) is 2. The lowest BCUT2D eigenvalue weighted by molar-refractivity contribution is 0.183. The molecule has 9 nitrogen and oxygen atoms in total. The Bertz CT molecular complexity index is 1040. The number of benzene rings is 2. The van der Waals surface area contributed by atoms with Crippen molar-refractivity contribution in [3.05, 3.63) is 42.5 Å². The largest absolute Gasteiger partial charge is 0.495 e. The maximum atomic E-state index is 12.7. The van der Waals surface area contributed by atoms with Crippen molar-refractivity contribution in [2.45, 2.75) is 17.7 Å². The molecular weight excluding hydrogens is 434 g/mol. The van der Waals surface area contributed by atoms with Crippen LogP contribution < -0.4 is 24.2 Å². The average Bonchev–Trinajstić information content (AvgIpc) is 2.82. The fourth-order valence-corrected chi connectivity index (χ4v) is 4.71. The van der Waals surface area contributed by atoms with Crippen LogP contribution in [-0.2, 0) is 10.0 Å². The van der Waals surface area contributed by atoms with Crippen molar-refractivity contribution in [2.24, 2.45) is 5.92 Å². The lowest BCUT2D eigenvalue weighted by Crippen LogP contribution is -2.43. The first-order valence-corrected chi connectivity index (χ1v) is 11.8. The molecule has 0 radical (unpaired) electrons. The second-order valence-corrected chi connectivity index (χ2v) is 9.20. The van der Waals surface area contributed by atoms with Crippen molar-refractivity contribution in [1.82, 2.24) is 9.62 Å². The maximum Gasteiger partial charge on any atom is 0.321 e. The summed E-state index contributed by atoms with van der Waals surface area (Å²) in [6.07, 6.45) is 1.40. The number of hydrogen-bond acceptors (Lipinski definition) is 6. The summed E-state index contributed by atoms with van der Waals surface area (Å²) in [5.41, 5.74) is 0.616. The van der Waals surface area contributed by atoms with Crippen LogP contribution in [0, 0.1) is 5.92 Å². The number of sulfonamides is 1. The molecule has 174 valence electrons. The minimum Gasteiger partial charge on any atom is -0.495 e. The molecule has 32 heavy (non-hydrogen) atoms. The zero-order chi connectivity index (χ0) is 23.1. The smallest absolute Gasteiger partial charge is 0.321 e. The topological polar surface area (TPSA) is 106 Å². The molecule has 0 spiro atoms. The molecule has 0 unspecified atom stereocenters. The number of nitrogens with one attached hydrogen (secondary N) is 2. The number of rotatable bonds is 8. The van der Waals surface area contributed by atoms with Gasteiger partial charge < -0.3 is 24.4 Å². The Morgan fingerprint density at radius 2 is 1.62 bits per heavy atom. The van der Waals surface area contributed by atoms with Crippen molar-refractivity contribution < 1.29 is 27.4 Å². The van der Waals surface area contributed by atoms with Gasteiger partial charge in [-0.15, -0.1) is 0 Å². The number of urea groups is 1. The van der Waals surface area contributed by atoms with Gasteiger partial charge in [-0.25, -0.2) is 17.9 Å². The van der Waals surface area contributed by atoms with Crippen molar-refractivity contribution in [1.29, 1.82) is 0 Å². The Morgan fingerprint density at radius 3 is 2.28 bits per heavy atom. The Balaban J connectivity index is 1.52. The highest BCUT2D eigenvalue weighted by molar-refractivity contribution is 7.89. The molecule has 0 saturated carbocycles. The van der Waals surface area contributed by atoms with Crippen LogP contribution in [0.3, 0.4) is 0 Å². The van der Waals surface area contributed by atoms with Gasteiger partial charge in [0.1, 0.15) is 5.75 Å². The minimum atomic E-state index is -3.69. The van der Waals surface area contributed by atoms with Crippen LogP contribution in [0.5, 0.6) is 17.2 Å². The molecule has 0 bridgehead atoms. The molecule has 2 aromatic rings. The second-order valence-electron chi connectivity index (χ2n) is 7.43. The van der Waals surface area contributed by atoms with Crippen molar-refractivity contribution >= 4 is 21.7 Å². The third-order valence-electron chi connectivity index (χ3n) is 5.48. The zero-order valence-electron chi connectivity index (χ0n) is 18.5. The number of ether oxygens (including phenoxy) is 3. The van der Waals surface area contributed by atoms with Gasteiger partial charge in [0.25, 0.3) is 0 Å². The van der Waals surface area contributed by atoms with Crippen molar-refractivity contribution in [3.63, 3.8) is 0 Å². The number of carbonyl (C=O) groups excluding carboxylic acids is 1. The fourth-order valence-electron chi connectivity index (χ4n) is 3.58. The Morgan fingerprint density at radius 1 is 0.969 bits per heavy atom. The highest BCUT2D eigenvalue weighted by Crippen LogP contribution is 2.29. The molecule has 1 aliphatic rings. The summed E-state index contributed by atoms with van der Waals surface area (Å²) < 4.78 is 43.7. The summed E-state index contributed by atoms with van der Waals surface area (Å²) in [6, 6.07) is 11.5. The number of methoxy groups -OCH3 is 3. The van der Waals surface area contributed by atoms with Crippen LogP contribution in [0.2, 0.25) is 0 Å². The van der Waals surface area contributed by atoms with Crippen molar-refractivity contribution in [2.75, 3.05) is 46.3 Å². The number of nitrogens with zero attached hydrogens (tertiary/aromatic N) is 1. The van der Waals surface area contributed by atoms with Gasteiger partial charge in [-0.1, -0.05) is 12.1 Å². The van der Waals surface area contributed by atoms with Gasteiger partial charge in [0.2, 0.25) is 10.0 Å². The number of para-hydroxylation sites is 2. The summed E-state index contributed by atoms with van der Waals surface area (Å²) in [4.78, 5) is 14.4. The molecule has 1 fully saturated rings. The lowest BCUT2D eigenvalue weighted by Gasteiger charge is -2.32. The first-order valence-electron chi connectivity index (χ1n) is 10.3. The third-order valence-corrected chi connectivity index (χ3v) is 6.90. The molecule has 1 saturated heterocycles. The van der Waals surface area contributed by atoms with E-state index in [1.54, 1.807) is 30.2 Å². The molecule has 0 atom stereocenters. The molecule has 2 amide bonds. The van der Waals surface area contributed by atoms with Gasteiger partial charge in [-0.2, -0.15) is 0 Å². The molecule has 2 aromatic carbocycles. The molecule has 3 rings (SSSR count). The van der Waals surface area contributed by atoms with Gasteiger partial charge in [-0.3, -0.25) is 0 Å². The summed E-state index contributed by atoms with van der Waals surface area (Å²) in [6.45, 7) is 1.39. The predicted octanol–water partition coefficient (Wildman–Crippen LogP) is 2.93. The zero-order valence-corrected chi connectivity index (χ0v) is 19.3. The number of likely N-dealkylation sites (tertiary alicyclic amines) is 1. The minimum absolute atomic E-state index is 0.115. The lowest BCUT2D eigenvalue weighted by atomic mass is 9.97. The quantitative estimate of drug-likeness (QED) is 0.624. The Hall–Kier alpha value is -2.98. The van der Waals surface area contributed by atoms with Crippen LogP contribution in [0.25, 0.3) is 0 Å². The van der Waals surface area contributed by atoms with E-state index in [2.05, 4.69) is 10.0 Å². The number of piperidine rings is 1. The van der Waals surface area contributed by atoms with Gasteiger partial charge >= 0.3 is 6.03 Å². The number of amides is 2. The van der Waals surface area contributed by atoms with E-state index in [0.717, 1.165) is 0 Å². The molecule has 0 aromatic heterocycles. The highest BCUT2D eigenvalue weighted by Gasteiger charge is 2.25. The van der Waals surface area contributed by atoms with Crippen LogP contribution in [0.15, 0.2) is 47.4 Å². The Labute approximate surface area is 188 Å². The van der Waals surface area contributed by atoms with E-state index in [4.69, 9.17) is 14.2 Å². The van der Waals surface area contributed by atoms with Gasteiger partial charge in [-0.05, 0) is 43.0 Å². The normalized spacial score (nSPS) is 14.7. The maximum absolute atomic E-state index is 12.7. The summed E-state index contributed by atoms with van der Waals surface area (Å²) >= 11 is 0.